The number of hydrogen-bond donors (Lipinski definition) is 1. The van der Waals surface area contributed by atoms with Crippen molar-refractivity contribution < 1.29 is 4.79 Å². The van der Waals surface area contributed by atoms with Gasteiger partial charge in [0.2, 0.25) is 5.91 Å². The van der Waals surface area contributed by atoms with Crippen LogP contribution in [-0.4, -0.2) is 36.0 Å². The topological polar surface area (TPSA) is 32.3 Å². The van der Waals surface area contributed by atoms with Crippen LogP contribution >= 0.6 is 0 Å². The molecular weight excluding hydrogens is 248 g/mol. The third-order valence-corrected chi connectivity index (χ3v) is 5.38. The number of amides is 1. The van der Waals surface area contributed by atoms with Crippen LogP contribution in [0.15, 0.2) is 0 Å². The molecule has 2 atom stereocenters. The van der Waals surface area contributed by atoms with E-state index >= 15 is 0 Å². The largest absolute Gasteiger partial charge is 0.341 e. The summed E-state index contributed by atoms with van der Waals surface area (Å²) in [4.78, 5) is 14.2. The third-order valence-electron chi connectivity index (χ3n) is 5.38. The van der Waals surface area contributed by atoms with Gasteiger partial charge in [0, 0.05) is 31.6 Å². The molecule has 3 heteroatoms. The Morgan fingerprint density at radius 1 is 1.05 bits per heavy atom. The molecule has 2 saturated carbocycles. The molecule has 0 aromatic heterocycles. The molecule has 0 spiro atoms. The van der Waals surface area contributed by atoms with Crippen LogP contribution in [0.4, 0.5) is 0 Å². The maximum atomic E-state index is 12.1. The molecule has 3 fully saturated rings. The number of piperidine rings is 1. The zero-order valence-corrected chi connectivity index (χ0v) is 12.9. The Balaban J connectivity index is 1.57. The lowest BCUT2D eigenvalue weighted by Crippen LogP contribution is -2.53. The van der Waals surface area contributed by atoms with Crippen molar-refractivity contribution in [1.82, 2.24) is 10.2 Å². The third kappa shape index (κ3) is 3.75. The van der Waals surface area contributed by atoms with Gasteiger partial charge in [-0.2, -0.15) is 0 Å². The van der Waals surface area contributed by atoms with E-state index in [1.807, 2.05) is 6.92 Å². The van der Waals surface area contributed by atoms with Crippen LogP contribution < -0.4 is 5.32 Å². The quantitative estimate of drug-likeness (QED) is 0.838. The van der Waals surface area contributed by atoms with E-state index in [4.69, 9.17) is 0 Å². The predicted octanol–water partition coefficient (Wildman–Crippen LogP) is 2.95. The number of nitrogens with zero attached hydrogens (tertiary/aromatic N) is 1. The molecule has 3 aliphatic rings. The van der Waals surface area contributed by atoms with Gasteiger partial charge in [0.1, 0.15) is 0 Å². The summed E-state index contributed by atoms with van der Waals surface area (Å²) in [5.74, 6) is 2.07. The average molecular weight is 278 g/mol. The first kappa shape index (κ1) is 14.4. The van der Waals surface area contributed by atoms with Gasteiger partial charge in [-0.1, -0.05) is 32.6 Å². The minimum Gasteiger partial charge on any atom is -0.341 e. The van der Waals surface area contributed by atoms with Gasteiger partial charge in [0.15, 0.2) is 0 Å². The Morgan fingerprint density at radius 3 is 2.45 bits per heavy atom. The molecule has 0 bridgehead atoms. The van der Waals surface area contributed by atoms with Gasteiger partial charge in [0.25, 0.3) is 0 Å². The first-order valence-corrected chi connectivity index (χ1v) is 8.78. The van der Waals surface area contributed by atoms with Gasteiger partial charge in [-0.15, -0.1) is 0 Å². The normalized spacial score (nSPS) is 31.8. The Morgan fingerprint density at radius 2 is 1.80 bits per heavy atom. The van der Waals surface area contributed by atoms with E-state index in [9.17, 15) is 4.79 Å². The molecule has 3 rings (SSSR count). The molecule has 0 aromatic carbocycles. The van der Waals surface area contributed by atoms with Gasteiger partial charge < -0.3 is 10.2 Å². The summed E-state index contributed by atoms with van der Waals surface area (Å²) in [5, 5.41) is 3.86. The van der Waals surface area contributed by atoms with Gasteiger partial charge >= 0.3 is 0 Å². The van der Waals surface area contributed by atoms with Gasteiger partial charge in [-0.05, 0) is 37.5 Å². The van der Waals surface area contributed by atoms with E-state index in [1.165, 1.54) is 51.4 Å². The molecule has 2 unspecified atom stereocenters. The summed E-state index contributed by atoms with van der Waals surface area (Å²) in [6, 6.07) is 1.27. The average Bonchev–Trinajstić information content (AvgIpc) is 3.11. The molecular formula is C17H30N2O. The Bertz CT molecular complexity index is 334. The minimum atomic E-state index is 0.351. The fourth-order valence-corrected chi connectivity index (χ4v) is 4.17. The molecule has 114 valence electrons. The highest BCUT2D eigenvalue weighted by Gasteiger charge is 2.34. The summed E-state index contributed by atoms with van der Waals surface area (Å²) in [6.07, 6.45) is 11.6. The summed E-state index contributed by atoms with van der Waals surface area (Å²) in [6.45, 7) is 3.96. The molecule has 2 aliphatic carbocycles. The van der Waals surface area contributed by atoms with Crippen molar-refractivity contribution in [2.24, 2.45) is 11.8 Å². The fraction of sp³-hybridized carbons (Fsp3) is 0.941. The summed E-state index contributed by atoms with van der Waals surface area (Å²) in [5.41, 5.74) is 0. The van der Waals surface area contributed by atoms with Crippen LogP contribution in [0, 0.1) is 11.8 Å². The molecule has 1 saturated heterocycles. The van der Waals surface area contributed by atoms with Crippen molar-refractivity contribution in [3.8, 4) is 0 Å². The molecule has 0 radical (unpaired) electrons. The van der Waals surface area contributed by atoms with Crippen molar-refractivity contribution in [3.05, 3.63) is 0 Å². The van der Waals surface area contributed by atoms with Crippen molar-refractivity contribution in [1.29, 1.82) is 0 Å². The van der Waals surface area contributed by atoms with Crippen LogP contribution in [0.3, 0.4) is 0 Å². The molecule has 20 heavy (non-hydrogen) atoms. The maximum absolute atomic E-state index is 12.1. The van der Waals surface area contributed by atoms with Crippen LogP contribution in [-0.2, 0) is 4.79 Å². The molecule has 1 amide bonds. The lowest BCUT2D eigenvalue weighted by atomic mass is 9.89. The molecule has 1 heterocycles. The molecule has 1 aliphatic heterocycles. The van der Waals surface area contributed by atoms with E-state index in [-0.39, 0.29) is 0 Å². The van der Waals surface area contributed by atoms with Crippen molar-refractivity contribution >= 4 is 5.91 Å². The Labute approximate surface area is 123 Å². The number of carbonyl (C=O) groups is 1. The molecule has 3 nitrogen and oxygen atoms in total. The first-order valence-electron chi connectivity index (χ1n) is 8.78. The van der Waals surface area contributed by atoms with Crippen LogP contribution in [0.1, 0.15) is 64.7 Å². The number of nitrogens with one attached hydrogen (secondary N) is 1. The second-order valence-corrected chi connectivity index (χ2v) is 7.28. The Hall–Kier alpha value is -0.570. The summed E-state index contributed by atoms with van der Waals surface area (Å²) in [7, 11) is 0. The first-order chi connectivity index (χ1) is 9.74. The monoisotopic (exact) mass is 278 g/mol. The fourth-order valence-electron chi connectivity index (χ4n) is 4.17. The van der Waals surface area contributed by atoms with E-state index in [0.29, 0.717) is 18.4 Å². The zero-order chi connectivity index (χ0) is 13.9. The van der Waals surface area contributed by atoms with E-state index in [2.05, 4.69) is 10.2 Å². The number of carbonyl (C=O) groups excluding carboxylic acids is 1. The summed E-state index contributed by atoms with van der Waals surface area (Å²) >= 11 is 0. The van der Waals surface area contributed by atoms with Crippen molar-refractivity contribution in [3.63, 3.8) is 0 Å². The van der Waals surface area contributed by atoms with Crippen molar-refractivity contribution in [2.75, 3.05) is 13.1 Å². The van der Waals surface area contributed by atoms with Crippen LogP contribution in [0.25, 0.3) is 0 Å². The zero-order valence-electron chi connectivity index (χ0n) is 12.9. The van der Waals surface area contributed by atoms with E-state index in [1.54, 1.807) is 0 Å². The minimum absolute atomic E-state index is 0.351. The number of likely N-dealkylation sites (tertiary alicyclic amines) is 1. The molecule has 1 N–H and O–H groups in total. The van der Waals surface area contributed by atoms with Gasteiger partial charge in [-0.25, -0.2) is 0 Å². The van der Waals surface area contributed by atoms with E-state index in [0.717, 1.165) is 31.0 Å². The lowest BCUT2D eigenvalue weighted by molar-refractivity contribution is -0.133. The van der Waals surface area contributed by atoms with E-state index < -0.39 is 0 Å². The number of rotatable bonds is 5. The van der Waals surface area contributed by atoms with Crippen molar-refractivity contribution in [2.45, 2.75) is 76.8 Å². The Kier molecular flexibility index (Phi) is 4.65. The van der Waals surface area contributed by atoms with Crippen LogP contribution in [0.2, 0.25) is 0 Å². The molecule has 0 aromatic rings. The highest BCUT2D eigenvalue weighted by molar-refractivity contribution is 5.76. The standard InChI is InChI=1S/C17H30N2O/c1-2-17(20)19-11-14(9-13-7-8-13)10-16(12-19)18-15-5-3-4-6-15/h13-16,18H,2-12H2,1H3. The second-order valence-electron chi connectivity index (χ2n) is 7.28. The smallest absolute Gasteiger partial charge is 0.222 e. The highest BCUT2D eigenvalue weighted by Crippen LogP contribution is 2.38. The van der Waals surface area contributed by atoms with Gasteiger partial charge in [0.05, 0.1) is 0 Å². The number of hydrogen-bond acceptors (Lipinski definition) is 2. The predicted molar refractivity (Wildman–Crippen MR) is 81.5 cm³/mol. The van der Waals surface area contributed by atoms with Crippen LogP contribution in [0.5, 0.6) is 0 Å². The highest BCUT2D eigenvalue weighted by atomic mass is 16.2. The van der Waals surface area contributed by atoms with Gasteiger partial charge in [-0.3, -0.25) is 4.79 Å². The second kappa shape index (κ2) is 6.46. The SMILES string of the molecule is CCC(=O)N1CC(CC2CC2)CC(NC2CCCC2)C1. The lowest BCUT2D eigenvalue weighted by Gasteiger charge is -2.39. The summed E-state index contributed by atoms with van der Waals surface area (Å²) < 4.78 is 0. The maximum Gasteiger partial charge on any atom is 0.222 e.